The van der Waals surface area contributed by atoms with Crippen LogP contribution in [0.5, 0.6) is 0 Å². The van der Waals surface area contributed by atoms with Crippen molar-refractivity contribution in [3.63, 3.8) is 0 Å². The van der Waals surface area contributed by atoms with Crippen molar-refractivity contribution in [3.05, 3.63) is 58.8 Å². The van der Waals surface area contributed by atoms with E-state index >= 15 is 0 Å². The fourth-order valence-corrected chi connectivity index (χ4v) is 2.73. The summed E-state index contributed by atoms with van der Waals surface area (Å²) in [6, 6.07) is 10.6. The Bertz CT molecular complexity index is 598. The number of aromatic nitrogens is 1. The van der Waals surface area contributed by atoms with Crippen molar-refractivity contribution in [2.24, 2.45) is 0 Å². The minimum absolute atomic E-state index is 0.827. The maximum atomic E-state index is 5.67. The van der Waals surface area contributed by atoms with E-state index in [-0.39, 0.29) is 0 Å². The first-order chi connectivity index (χ1) is 10.2. The van der Waals surface area contributed by atoms with Crippen LogP contribution in [0.25, 0.3) is 6.08 Å². The van der Waals surface area contributed by atoms with Crippen molar-refractivity contribution in [1.82, 2.24) is 9.88 Å². The highest BCUT2D eigenvalue weighted by molar-refractivity contribution is 5.52. The highest BCUT2D eigenvalue weighted by Gasteiger charge is 2.16. The molecular formula is C18H22N2O. The van der Waals surface area contributed by atoms with E-state index in [1.807, 2.05) is 13.8 Å². The van der Waals surface area contributed by atoms with E-state index in [2.05, 4.69) is 46.3 Å². The number of rotatable bonds is 3. The van der Waals surface area contributed by atoms with Crippen LogP contribution in [0.2, 0.25) is 0 Å². The van der Waals surface area contributed by atoms with Gasteiger partial charge in [-0.15, -0.1) is 0 Å². The quantitative estimate of drug-likeness (QED) is 0.853. The van der Waals surface area contributed by atoms with E-state index in [1.54, 1.807) is 0 Å². The van der Waals surface area contributed by atoms with E-state index in [1.165, 1.54) is 11.1 Å². The Hall–Kier alpha value is -1.87. The molecule has 0 N–H and O–H groups in total. The molecule has 110 valence electrons. The van der Waals surface area contributed by atoms with Crippen LogP contribution in [0.15, 0.2) is 40.3 Å². The van der Waals surface area contributed by atoms with Gasteiger partial charge in [0, 0.05) is 13.1 Å². The van der Waals surface area contributed by atoms with Gasteiger partial charge >= 0.3 is 0 Å². The molecule has 2 heterocycles. The van der Waals surface area contributed by atoms with Crippen molar-refractivity contribution in [1.29, 1.82) is 0 Å². The number of oxazole rings is 1. The van der Waals surface area contributed by atoms with Gasteiger partial charge in [0.1, 0.15) is 5.76 Å². The Labute approximate surface area is 126 Å². The fourth-order valence-electron chi connectivity index (χ4n) is 2.73. The first-order valence-corrected chi connectivity index (χ1v) is 7.60. The second kappa shape index (κ2) is 6.27. The lowest BCUT2D eigenvalue weighted by Crippen LogP contribution is -2.30. The molecular weight excluding hydrogens is 260 g/mol. The molecule has 1 fully saturated rings. The lowest BCUT2D eigenvalue weighted by Gasteiger charge is -2.27. The predicted molar refractivity (Wildman–Crippen MR) is 84.9 cm³/mol. The highest BCUT2D eigenvalue weighted by Crippen LogP contribution is 2.21. The average Bonchev–Trinajstić information content (AvgIpc) is 2.80. The molecule has 1 aliphatic heterocycles. The molecule has 1 aromatic carbocycles. The summed E-state index contributed by atoms with van der Waals surface area (Å²) >= 11 is 0. The Morgan fingerprint density at radius 1 is 1.14 bits per heavy atom. The van der Waals surface area contributed by atoms with Crippen molar-refractivity contribution in [2.75, 3.05) is 13.1 Å². The Balaban J connectivity index is 1.56. The van der Waals surface area contributed by atoms with Crippen LogP contribution in [0.1, 0.15) is 35.7 Å². The molecule has 0 aliphatic carbocycles. The zero-order valence-electron chi connectivity index (χ0n) is 12.8. The summed E-state index contributed by atoms with van der Waals surface area (Å²) in [5, 5.41) is 0. The third kappa shape index (κ3) is 3.61. The normalized spacial score (nSPS) is 16.2. The molecule has 1 aromatic heterocycles. The summed E-state index contributed by atoms with van der Waals surface area (Å²) in [5.41, 5.74) is 3.85. The SMILES string of the molecule is Cc1nc(CN2CCC(=Cc3ccccc3)CC2)oc1C. The average molecular weight is 282 g/mol. The van der Waals surface area contributed by atoms with Gasteiger partial charge < -0.3 is 4.42 Å². The number of aryl methyl sites for hydroxylation is 2. The van der Waals surface area contributed by atoms with E-state index in [0.29, 0.717) is 0 Å². The van der Waals surface area contributed by atoms with Gasteiger partial charge in [0.05, 0.1) is 12.2 Å². The van der Waals surface area contributed by atoms with Crippen molar-refractivity contribution in [2.45, 2.75) is 33.2 Å². The summed E-state index contributed by atoms with van der Waals surface area (Å²) < 4.78 is 5.67. The number of piperidine rings is 1. The summed E-state index contributed by atoms with van der Waals surface area (Å²) in [4.78, 5) is 6.89. The molecule has 0 spiro atoms. The molecule has 0 atom stereocenters. The summed E-state index contributed by atoms with van der Waals surface area (Å²) in [6.07, 6.45) is 4.60. The third-order valence-electron chi connectivity index (χ3n) is 4.10. The van der Waals surface area contributed by atoms with Gasteiger partial charge in [-0.05, 0) is 32.3 Å². The third-order valence-corrected chi connectivity index (χ3v) is 4.10. The predicted octanol–water partition coefficient (Wildman–Crippen LogP) is 3.97. The maximum absolute atomic E-state index is 5.67. The second-order valence-electron chi connectivity index (χ2n) is 5.74. The highest BCUT2D eigenvalue weighted by atomic mass is 16.4. The molecule has 3 rings (SSSR count). The summed E-state index contributed by atoms with van der Waals surface area (Å²) in [7, 11) is 0. The summed E-state index contributed by atoms with van der Waals surface area (Å²) in [6.45, 7) is 6.97. The minimum Gasteiger partial charge on any atom is -0.444 e. The van der Waals surface area contributed by atoms with E-state index in [0.717, 1.165) is 49.8 Å². The van der Waals surface area contributed by atoms with Crippen molar-refractivity contribution >= 4 is 6.08 Å². The Morgan fingerprint density at radius 3 is 2.48 bits per heavy atom. The molecule has 21 heavy (non-hydrogen) atoms. The molecule has 0 saturated carbocycles. The molecule has 2 aromatic rings. The standard InChI is InChI=1S/C18H22N2O/c1-14-15(2)21-18(19-14)13-20-10-8-17(9-11-20)12-16-6-4-3-5-7-16/h3-7,12H,8-11,13H2,1-2H3. The van der Waals surface area contributed by atoms with Gasteiger partial charge in [0.25, 0.3) is 0 Å². The van der Waals surface area contributed by atoms with Crippen LogP contribution in [0.3, 0.4) is 0 Å². The van der Waals surface area contributed by atoms with E-state index in [4.69, 9.17) is 4.42 Å². The first-order valence-electron chi connectivity index (χ1n) is 7.60. The molecule has 3 heteroatoms. The molecule has 3 nitrogen and oxygen atoms in total. The van der Waals surface area contributed by atoms with Crippen molar-refractivity contribution < 1.29 is 4.42 Å². The van der Waals surface area contributed by atoms with Gasteiger partial charge in [-0.2, -0.15) is 0 Å². The number of nitrogens with zero attached hydrogens (tertiary/aromatic N) is 2. The van der Waals surface area contributed by atoms with Crippen LogP contribution in [0.4, 0.5) is 0 Å². The van der Waals surface area contributed by atoms with Gasteiger partial charge in [0.15, 0.2) is 0 Å². The molecule has 1 aliphatic rings. The monoisotopic (exact) mass is 282 g/mol. The Morgan fingerprint density at radius 2 is 1.86 bits per heavy atom. The number of benzene rings is 1. The van der Waals surface area contributed by atoms with Gasteiger partial charge in [-0.1, -0.05) is 42.0 Å². The first kappa shape index (κ1) is 14.1. The zero-order chi connectivity index (χ0) is 14.7. The number of hydrogen-bond acceptors (Lipinski definition) is 3. The lowest BCUT2D eigenvalue weighted by molar-refractivity contribution is 0.223. The topological polar surface area (TPSA) is 29.3 Å². The molecule has 1 saturated heterocycles. The molecule has 0 amide bonds. The van der Waals surface area contributed by atoms with Crippen LogP contribution in [0, 0.1) is 13.8 Å². The summed E-state index contributed by atoms with van der Waals surface area (Å²) in [5.74, 6) is 1.78. The minimum atomic E-state index is 0.827. The largest absolute Gasteiger partial charge is 0.444 e. The fraction of sp³-hybridized carbons (Fsp3) is 0.389. The maximum Gasteiger partial charge on any atom is 0.208 e. The second-order valence-corrected chi connectivity index (χ2v) is 5.74. The molecule has 0 bridgehead atoms. The number of likely N-dealkylation sites (tertiary alicyclic amines) is 1. The van der Waals surface area contributed by atoms with E-state index in [9.17, 15) is 0 Å². The Kier molecular flexibility index (Phi) is 4.20. The number of hydrogen-bond donors (Lipinski definition) is 0. The van der Waals surface area contributed by atoms with Gasteiger partial charge in [-0.25, -0.2) is 4.98 Å². The zero-order valence-corrected chi connectivity index (χ0v) is 12.8. The van der Waals surface area contributed by atoms with Gasteiger partial charge in [-0.3, -0.25) is 4.90 Å². The smallest absolute Gasteiger partial charge is 0.208 e. The van der Waals surface area contributed by atoms with Crippen LogP contribution >= 0.6 is 0 Å². The van der Waals surface area contributed by atoms with Crippen molar-refractivity contribution in [3.8, 4) is 0 Å². The van der Waals surface area contributed by atoms with Crippen LogP contribution in [-0.2, 0) is 6.54 Å². The molecule has 0 radical (unpaired) electrons. The molecule has 0 unspecified atom stereocenters. The lowest BCUT2D eigenvalue weighted by atomic mass is 10.0. The van der Waals surface area contributed by atoms with Crippen LogP contribution in [-0.4, -0.2) is 23.0 Å². The van der Waals surface area contributed by atoms with E-state index < -0.39 is 0 Å². The van der Waals surface area contributed by atoms with Gasteiger partial charge in [0.2, 0.25) is 5.89 Å². The van der Waals surface area contributed by atoms with Crippen LogP contribution < -0.4 is 0 Å².